The maximum absolute atomic E-state index is 11.1. The van der Waals surface area contributed by atoms with E-state index in [1.807, 2.05) is 0 Å². The zero-order valence-electron chi connectivity index (χ0n) is 9.10. The Balaban J connectivity index is 2.80. The van der Waals surface area contributed by atoms with E-state index >= 15 is 0 Å². The number of benzene rings is 2. The molecule has 86 valence electrons. The Hall–Kier alpha value is -2.43. The number of hydrogen-bond acceptors (Lipinski definition) is 4. The predicted octanol–water partition coefficient (Wildman–Crippen LogP) is 2.90. The summed E-state index contributed by atoms with van der Waals surface area (Å²) in [5, 5.41) is 16.1. The van der Waals surface area contributed by atoms with Crippen molar-refractivity contribution in [3.8, 4) is 5.75 Å². The van der Waals surface area contributed by atoms with E-state index in [1.54, 1.807) is 24.3 Å². The zero-order chi connectivity index (χ0) is 12.4. The first kappa shape index (κ1) is 11.1. The molecule has 5 nitrogen and oxygen atoms in total. The first-order valence-corrected chi connectivity index (χ1v) is 4.99. The van der Waals surface area contributed by atoms with Gasteiger partial charge in [0.1, 0.15) is 5.75 Å². The fourth-order valence-electron chi connectivity index (χ4n) is 1.74. The number of hydrogen-bond donors (Lipinski definition) is 2. The molecule has 0 aromatic heterocycles. The van der Waals surface area contributed by atoms with E-state index in [2.05, 4.69) is 10.5 Å². The molecule has 2 aromatic rings. The maximum Gasteiger partial charge on any atom is 0.221 e. The van der Waals surface area contributed by atoms with Crippen LogP contribution >= 0.6 is 0 Å². The molecule has 1 amide bonds. The quantitative estimate of drug-likeness (QED) is 0.778. The van der Waals surface area contributed by atoms with Crippen molar-refractivity contribution in [2.24, 2.45) is 5.18 Å². The number of aromatic hydroxyl groups is 1. The number of anilines is 1. The van der Waals surface area contributed by atoms with Crippen molar-refractivity contribution >= 4 is 28.1 Å². The molecule has 0 fully saturated rings. The average Bonchev–Trinajstić information content (AvgIpc) is 2.29. The summed E-state index contributed by atoms with van der Waals surface area (Å²) >= 11 is 0. The number of phenols is 1. The number of nitrogens with zero attached hydrogens (tertiary/aromatic N) is 1. The van der Waals surface area contributed by atoms with Gasteiger partial charge < -0.3 is 10.4 Å². The normalized spacial score (nSPS) is 10.2. The predicted molar refractivity (Wildman–Crippen MR) is 65.4 cm³/mol. The summed E-state index contributed by atoms with van der Waals surface area (Å²) < 4.78 is 0. The Kier molecular flexibility index (Phi) is 2.74. The molecule has 0 aliphatic carbocycles. The molecule has 0 aliphatic heterocycles. The second kappa shape index (κ2) is 4.21. The molecule has 0 saturated heterocycles. The van der Waals surface area contributed by atoms with E-state index in [4.69, 9.17) is 0 Å². The van der Waals surface area contributed by atoms with Gasteiger partial charge in [0.15, 0.2) is 5.69 Å². The Morgan fingerprint density at radius 1 is 1.29 bits per heavy atom. The van der Waals surface area contributed by atoms with Crippen molar-refractivity contribution in [1.29, 1.82) is 0 Å². The average molecular weight is 230 g/mol. The molecule has 0 unspecified atom stereocenters. The van der Waals surface area contributed by atoms with Crippen LogP contribution in [0, 0.1) is 4.91 Å². The summed E-state index contributed by atoms with van der Waals surface area (Å²) in [7, 11) is 0. The Morgan fingerprint density at radius 2 is 2.06 bits per heavy atom. The monoisotopic (exact) mass is 230 g/mol. The van der Waals surface area contributed by atoms with Crippen LogP contribution < -0.4 is 5.32 Å². The van der Waals surface area contributed by atoms with Crippen LogP contribution in [0.5, 0.6) is 5.75 Å². The zero-order valence-corrected chi connectivity index (χ0v) is 9.10. The second-order valence-corrected chi connectivity index (χ2v) is 3.61. The molecular weight excluding hydrogens is 220 g/mol. The molecule has 0 atom stereocenters. The van der Waals surface area contributed by atoms with Gasteiger partial charge in [0.05, 0.1) is 5.69 Å². The summed E-state index contributed by atoms with van der Waals surface area (Å²) in [6, 6.07) is 8.23. The minimum absolute atomic E-state index is 0.0631. The highest BCUT2D eigenvalue weighted by Crippen LogP contribution is 2.38. The number of nitroso groups, excluding NO2 is 1. The molecule has 2 aromatic carbocycles. The van der Waals surface area contributed by atoms with Gasteiger partial charge in [-0.1, -0.05) is 18.2 Å². The Labute approximate surface area is 97.0 Å². The Bertz CT molecular complexity index is 608. The standard InChI is InChI=1S/C12H10N2O3/c1-7(15)13-9-4-2-3-8-5-6-10(16)12(14-17)11(8)9/h2-6,16H,1H3,(H,13,15). The molecule has 0 spiro atoms. The molecule has 0 aliphatic rings. The highest BCUT2D eigenvalue weighted by atomic mass is 16.3. The minimum atomic E-state index is -0.252. The van der Waals surface area contributed by atoms with Gasteiger partial charge in [0.2, 0.25) is 5.91 Å². The molecular formula is C12H10N2O3. The van der Waals surface area contributed by atoms with Crippen LogP contribution in [0.25, 0.3) is 10.8 Å². The third-order valence-electron chi connectivity index (χ3n) is 2.40. The first-order valence-electron chi connectivity index (χ1n) is 4.99. The van der Waals surface area contributed by atoms with Crippen molar-refractivity contribution in [2.75, 3.05) is 5.32 Å². The fraction of sp³-hybridized carbons (Fsp3) is 0.0833. The molecule has 0 saturated carbocycles. The van der Waals surface area contributed by atoms with E-state index in [0.717, 1.165) is 5.39 Å². The van der Waals surface area contributed by atoms with Crippen molar-refractivity contribution in [1.82, 2.24) is 0 Å². The lowest BCUT2D eigenvalue weighted by molar-refractivity contribution is -0.114. The van der Waals surface area contributed by atoms with Crippen LogP contribution in [0.3, 0.4) is 0 Å². The topological polar surface area (TPSA) is 78.8 Å². The third kappa shape index (κ3) is 1.94. The summed E-state index contributed by atoms with van der Waals surface area (Å²) in [6.07, 6.45) is 0. The van der Waals surface area contributed by atoms with Crippen molar-refractivity contribution in [3.63, 3.8) is 0 Å². The number of carbonyl (C=O) groups is 1. The summed E-state index contributed by atoms with van der Waals surface area (Å²) in [6.45, 7) is 1.37. The number of phenolic OH excluding ortho intramolecular Hbond substituents is 1. The van der Waals surface area contributed by atoms with Gasteiger partial charge in [0, 0.05) is 12.3 Å². The maximum atomic E-state index is 11.1. The van der Waals surface area contributed by atoms with Gasteiger partial charge in [-0.25, -0.2) is 0 Å². The Morgan fingerprint density at radius 3 is 2.71 bits per heavy atom. The van der Waals surface area contributed by atoms with Crippen LogP contribution in [-0.2, 0) is 4.79 Å². The molecule has 0 heterocycles. The number of carbonyl (C=O) groups excluding carboxylic acids is 1. The van der Waals surface area contributed by atoms with Gasteiger partial charge in [-0.2, -0.15) is 0 Å². The first-order chi connectivity index (χ1) is 8.13. The number of nitrogens with one attached hydrogen (secondary N) is 1. The number of amides is 1. The second-order valence-electron chi connectivity index (χ2n) is 3.61. The van der Waals surface area contributed by atoms with Gasteiger partial charge in [-0.15, -0.1) is 4.91 Å². The van der Waals surface area contributed by atoms with Crippen LogP contribution in [0.15, 0.2) is 35.5 Å². The summed E-state index contributed by atoms with van der Waals surface area (Å²) in [5.41, 5.74) is 0.396. The largest absolute Gasteiger partial charge is 0.506 e. The molecule has 0 radical (unpaired) electrons. The molecule has 5 heteroatoms. The van der Waals surface area contributed by atoms with E-state index < -0.39 is 0 Å². The van der Waals surface area contributed by atoms with Gasteiger partial charge >= 0.3 is 0 Å². The van der Waals surface area contributed by atoms with E-state index in [9.17, 15) is 14.8 Å². The van der Waals surface area contributed by atoms with Crippen molar-refractivity contribution < 1.29 is 9.90 Å². The summed E-state index contributed by atoms with van der Waals surface area (Å²) in [4.78, 5) is 21.8. The number of rotatable bonds is 2. The molecule has 2 rings (SSSR count). The van der Waals surface area contributed by atoms with Gasteiger partial charge in [-0.3, -0.25) is 4.79 Å². The lowest BCUT2D eigenvalue weighted by atomic mass is 10.1. The van der Waals surface area contributed by atoms with Gasteiger partial charge in [0.25, 0.3) is 0 Å². The third-order valence-corrected chi connectivity index (χ3v) is 2.40. The molecule has 2 N–H and O–H groups in total. The highest BCUT2D eigenvalue weighted by Gasteiger charge is 2.12. The van der Waals surface area contributed by atoms with Crippen LogP contribution in [0.1, 0.15) is 6.92 Å². The van der Waals surface area contributed by atoms with Gasteiger partial charge in [-0.05, 0) is 22.7 Å². The fourth-order valence-corrected chi connectivity index (χ4v) is 1.74. The minimum Gasteiger partial charge on any atom is -0.506 e. The van der Waals surface area contributed by atoms with Crippen molar-refractivity contribution in [2.45, 2.75) is 6.92 Å². The van der Waals surface area contributed by atoms with E-state index in [-0.39, 0.29) is 17.3 Å². The lowest BCUT2D eigenvalue weighted by Crippen LogP contribution is -2.05. The van der Waals surface area contributed by atoms with E-state index in [1.165, 1.54) is 13.0 Å². The lowest BCUT2D eigenvalue weighted by Gasteiger charge is -2.09. The highest BCUT2D eigenvalue weighted by molar-refractivity contribution is 6.08. The van der Waals surface area contributed by atoms with Crippen LogP contribution in [0.4, 0.5) is 11.4 Å². The summed E-state index contributed by atoms with van der Waals surface area (Å²) in [5.74, 6) is -0.456. The number of fused-ring (bicyclic) bond motifs is 1. The molecule has 17 heavy (non-hydrogen) atoms. The van der Waals surface area contributed by atoms with E-state index in [0.29, 0.717) is 11.1 Å². The van der Waals surface area contributed by atoms with Crippen LogP contribution in [0.2, 0.25) is 0 Å². The van der Waals surface area contributed by atoms with Crippen molar-refractivity contribution in [3.05, 3.63) is 35.2 Å². The SMILES string of the molecule is CC(=O)Nc1cccc2ccc(O)c(N=O)c12. The van der Waals surface area contributed by atoms with Crippen LogP contribution in [-0.4, -0.2) is 11.0 Å². The molecule has 0 bridgehead atoms. The smallest absolute Gasteiger partial charge is 0.221 e.